The monoisotopic (exact) mass is 495 g/mol. The summed E-state index contributed by atoms with van der Waals surface area (Å²) in [6, 6.07) is 0.174. The summed E-state index contributed by atoms with van der Waals surface area (Å²) in [5.74, 6) is 0. The normalized spacial score (nSPS) is 14.3. The van der Waals surface area contributed by atoms with Crippen molar-refractivity contribution in [1.82, 2.24) is 0 Å². The van der Waals surface area contributed by atoms with Gasteiger partial charge in [0, 0.05) is 11.6 Å². The molecule has 0 heterocycles. The third kappa shape index (κ3) is 22.8. The van der Waals surface area contributed by atoms with Crippen LogP contribution in [0.5, 0.6) is 0 Å². The summed E-state index contributed by atoms with van der Waals surface area (Å²) >= 11 is 0. The third-order valence-corrected chi connectivity index (χ3v) is 8.51. The average molecular weight is 495 g/mol. The molecule has 0 aliphatic carbocycles. The van der Waals surface area contributed by atoms with Gasteiger partial charge in [-0.2, -0.15) is 0 Å². The zero-order chi connectivity index (χ0) is 25.9. The van der Waals surface area contributed by atoms with E-state index in [2.05, 4.69) is 20.8 Å². The molecule has 0 rings (SSSR count). The molecule has 0 fully saturated rings. The quantitative estimate of drug-likeness (QED) is 0.102. The second-order valence-corrected chi connectivity index (χ2v) is 11.9. The number of hydrogen-bond donors (Lipinski definition) is 2. The number of rotatable bonds is 29. The molecule has 35 heavy (non-hydrogen) atoms. The van der Waals surface area contributed by atoms with Gasteiger partial charge in [-0.3, -0.25) is 0 Å². The van der Waals surface area contributed by atoms with Gasteiger partial charge in [0.05, 0.1) is 0 Å². The Labute approximate surface area is 223 Å². The lowest BCUT2D eigenvalue weighted by atomic mass is 9.81. The van der Waals surface area contributed by atoms with Crippen LogP contribution in [0.2, 0.25) is 0 Å². The van der Waals surface area contributed by atoms with Gasteiger partial charge in [0.25, 0.3) is 0 Å². The highest BCUT2D eigenvalue weighted by Crippen LogP contribution is 2.24. The summed E-state index contributed by atoms with van der Waals surface area (Å²) in [5.41, 5.74) is 13.3. The van der Waals surface area contributed by atoms with Crippen LogP contribution in [0.1, 0.15) is 201 Å². The van der Waals surface area contributed by atoms with Crippen LogP contribution in [-0.4, -0.2) is 11.6 Å². The Balaban J connectivity index is 3.56. The summed E-state index contributed by atoms with van der Waals surface area (Å²) in [5, 5.41) is 0. The Morgan fingerprint density at radius 2 is 0.714 bits per heavy atom. The second-order valence-electron chi connectivity index (χ2n) is 11.9. The van der Waals surface area contributed by atoms with E-state index in [1.165, 1.54) is 161 Å². The first-order valence-corrected chi connectivity index (χ1v) is 16.6. The van der Waals surface area contributed by atoms with E-state index in [9.17, 15) is 0 Å². The van der Waals surface area contributed by atoms with Crippen LogP contribution in [0.15, 0.2) is 0 Å². The lowest BCUT2D eigenvalue weighted by Gasteiger charge is -2.35. The van der Waals surface area contributed by atoms with E-state index in [0.717, 1.165) is 19.3 Å². The zero-order valence-corrected chi connectivity index (χ0v) is 25.0. The van der Waals surface area contributed by atoms with E-state index in [1.807, 2.05) is 0 Å². The maximum atomic E-state index is 6.79. The maximum absolute atomic E-state index is 6.79. The van der Waals surface area contributed by atoms with E-state index < -0.39 is 0 Å². The third-order valence-electron chi connectivity index (χ3n) is 8.51. The molecule has 0 bridgehead atoms. The molecule has 0 radical (unpaired) electrons. The van der Waals surface area contributed by atoms with Crippen molar-refractivity contribution in [3.05, 3.63) is 0 Å². The first kappa shape index (κ1) is 34.9. The van der Waals surface area contributed by atoms with Gasteiger partial charge in [0.15, 0.2) is 0 Å². The van der Waals surface area contributed by atoms with E-state index >= 15 is 0 Å². The molecule has 0 aliphatic heterocycles. The Morgan fingerprint density at radius 1 is 0.429 bits per heavy atom. The molecule has 0 aromatic carbocycles. The first-order chi connectivity index (χ1) is 17.1. The summed E-state index contributed by atoms with van der Waals surface area (Å²) in [4.78, 5) is 0. The minimum atomic E-state index is -0.143. The second kappa shape index (κ2) is 27.0. The van der Waals surface area contributed by atoms with Gasteiger partial charge in [0.1, 0.15) is 0 Å². The molecule has 2 atom stereocenters. The summed E-state index contributed by atoms with van der Waals surface area (Å²) in [7, 11) is 0. The minimum Gasteiger partial charge on any atom is -0.326 e. The van der Waals surface area contributed by atoms with Crippen LogP contribution in [0.3, 0.4) is 0 Å². The van der Waals surface area contributed by atoms with Crippen molar-refractivity contribution in [3.63, 3.8) is 0 Å². The molecular formula is C33H70N2. The number of nitrogens with two attached hydrogens (primary N) is 2. The van der Waals surface area contributed by atoms with Gasteiger partial charge in [-0.1, -0.05) is 181 Å². The summed E-state index contributed by atoms with van der Waals surface area (Å²) in [6.45, 7) is 6.83. The van der Waals surface area contributed by atoms with E-state index in [0.29, 0.717) is 0 Å². The lowest BCUT2D eigenvalue weighted by Crippen LogP contribution is -2.54. The van der Waals surface area contributed by atoms with Crippen LogP contribution in [0, 0.1) is 0 Å². The van der Waals surface area contributed by atoms with E-state index in [-0.39, 0.29) is 11.6 Å². The van der Waals surface area contributed by atoms with Gasteiger partial charge in [-0.25, -0.2) is 0 Å². The van der Waals surface area contributed by atoms with Crippen molar-refractivity contribution >= 4 is 0 Å². The summed E-state index contributed by atoms with van der Waals surface area (Å²) < 4.78 is 0. The zero-order valence-electron chi connectivity index (χ0n) is 25.0. The highest BCUT2D eigenvalue weighted by atomic mass is 14.8. The van der Waals surface area contributed by atoms with Crippen molar-refractivity contribution in [3.8, 4) is 0 Å². The van der Waals surface area contributed by atoms with Gasteiger partial charge >= 0.3 is 0 Å². The molecule has 2 heteroatoms. The number of unbranched alkanes of at least 4 members (excludes halogenated alkanes) is 23. The van der Waals surface area contributed by atoms with Crippen molar-refractivity contribution in [2.45, 2.75) is 212 Å². The highest BCUT2D eigenvalue weighted by Gasteiger charge is 2.29. The molecule has 0 aromatic heterocycles. The Bertz CT molecular complexity index is 397. The van der Waals surface area contributed by atoms with Crippen LogP contribution >= 0.6 is 0 Å². The van der Waals surface area contributed by atoms with Crippen molar-refractivity contribution in [2.24, 2.45) is 11.5 Å². The van der Waals surface area contributed by atoms with Gasteiger partial charge < -0.3 is 11.5 Å². The van der Waals surface area contributed by atoms with Crippen LogP contribution < -0.4 is 11.5 Å². The average Bonchev–Trinajstić information content (AvgIpc) is 2.87. The summed E-state index contributed by atoms with van der Waals surface area (Å²) in [6.07, 6.45) is 38.3. The molecule has 0 amide bonds. The predicted octanol–water partition coefficient (Wildman–Crippen LogP) is 11.0. The molecule has 0 saturated carbocycles. The topological polar surface area (TPSA) is 52.0 Å². The standard InChI is InChI=1S/C33H70N2/c1-4-7-9-11-13-15-17-18-19-20-21-23-25-27-29-31-33(35,6-3)32(34)30-28-26-24-22-16-14-12-10-8-5-2/h32H,4-31,34-35H2,1-3H3. The van der Waals surface area contributed by atoms with Crippen LogP contribution in [-0.2, 0) is 0 Å². The smallest absolute Gasteiger partial charge is 0.0305 e. The van der Waals surface area contributed by atoms with Gasteiger partial charge in [-0.15, -0.1) is 0 Å². The molecule has 212 valence electrons. The Kier molecular flexibility index (Phi) is 26.9. The Morgan fingerprint density at radius 3 is 1.03 bits per heavy atom. The number of hydrogen-bond acceptors (Lipinski definition) is 2. The lowest BCUT2D eigenvalue weighted by molar-refractivity contribution is 0.281. The van der Waals surface area contributed by atoms with Gasteiger partial charge in [0.2, 0.25) is 0 Å². The molecule has 4 N–H and O–H groups in total. The van der Waals surface area contributed by atoms with E-state index in [1.54, 1.807) is 0 Å². The Hall–Kier alpha value is -0.0800. The van der Waals surface area contributed by atoms with Gasteiger partial charge in [-0.05, 0) is 19.3 Å². The molecule has 2 nitrogen and oxygen atoms in total. The largest absolute Gasteiger partial charge is 0.326 e. The highest BCUT2D eigenvalue weighted by molar-refractivity contribution is 4.93. The first-order valence-electron chi connectivity index (χ1n) is 16.6. The fourth-order valence-electron chi connectivity index (χ4n) is 5.59. The molecule has 2 unspecified atom stereocenters. The fourth-order valence-corrected chi connectivity index (χ4v) is 5.59. The SMILES string of the molecule is CCCCCCCCCCCCCCCCCC(N)(CC)C(N)CCCCCCCCCCCC. The van der Waals surface area contributed by atoms with Crippen molar-refractivity contribution in [2.75, 3.05) is 0 Å². The molecule has 0 spiro atoms. The predicted molar refractivity (Wildman–Crippen MR) is 161 cm³/mol. The maximum Gasteiger partial charge on any atom is 0.0305 e. The molecular weight excluding hydrogens is 424 g/mol. The molecule has 0 aromatic rings. The van der Waals surface area contributed by atoms with Crippen molar-refractivity contribution in [1.29, 1.82) is 0 Å². The van der Waals surface area contributed by atoms with E-state index in [4.69, 9.17) is 11.5 Å². The van der Waals surface area contributed by atoms with Crippen LogP contribution in [0.4, 0.5) is 0 Å². The van der Waals surface area contributed by atoms with Crippen molar-refractivity contribution < 1.29 is 0 Å². The molecule has 0 saturated heterocycles. The fraction of sp³-hybridized carbons (Fsp3) is 1.00. The van der Waals surface area contributed by atoms with Crippen LogP contribution in [0.25, 0.3) is 0 Å². The molecule has 0 aliphatic rings. The minimum absolute atomic E-state index is 0.143.